The molecule has 2 heteroatoms. The van der Waals surface area contributed by atoms with Crippen molar-refractivity contribution in [2.75, 3.05) is 0 Å². The zero-order valence-electron chi connectivity index (χ0n) is 36.0. The van der Waals surface area contributed by atoms with Crippen LogP contribution in [-0.4, -0.2) is 0 Å². The average molecular weight is 857 g/mol. The fourth-order valence-electron chi connectivity index (χ4n) is 11.4. The molecular weight excluding hydrogens is 817 g/mol. The second-order valence-corrected chi connectivity index (χ2v) is 18.9. The first-order valence-electron chi connectivity index (χ1n) is 22.9. The first-order valence-corrected chi connectivity index (χ1v) is 23.7. The highest BCUT2D eigenvalue weighted by atomic mass is 32.1. The van der Waals surface area contributed by atoms with Crippen LogP contribution in [0.5, 0.6) is 0 Å². The molecule has 2 aromatic heterocycles. The van der Waals surface area contributed by atoms with E-state index in [0.29, 0.717) is 5.92 Å². The van der Waals surface area contributed by atoms with Crippen molar-refractivity contribution in [1.82, 2.24) is 0 Å². The van der Waals surface area contributed by atoms with Crippen LogP contribution in [0, 0.1) is 0 Å². The van der Waals surface area contributed by atoms with Crippen LogP contribution in [0.25, 0.3) is 125 Å². The van der Waals surface area contributed by atoms with Gasteiger partial charge >= 0.3 is 0 Å². The monoisotopic (exact) mass is 856 g/mol. The van der Waals surface area contributed by atoms with E-state index in [1.807, 2.05) is 11.3 Å². The standard InChI is InChI=1S/C64H40OS/c1-3-16-39(17-4-1)41-31-34-56-54(36-41)55-37-42(32-35-57(55)65-56)61-44-20-7-9-22-46(44)62(47-23-10-8-21-45(47)61)43-30-33-52-59(38-43)66-58-29-15-28-53(64(52)58)63-50-26-13-11-24-48(50)60(40-18-5-2-6-19-40)49-25-12-14-27-51(49)63/h1-35,37-38,41H,36H2. The minimum absolute atomic E-state index is 0.320. The van der Waals surface area contributed by atoms with Crippen LogP contribution in [0.1, 0.15) is 22.8 Å². The number of benzene rings is 11. The first kappa shape index (κ1) is 37.3. The number of hydrogen-bond acceptors (Lipinski definition) is 2. The van der Waals surface area contributed by atoms with Gasteiger partial charge in [0, 0.05) is 37.0 Å². The molecule has 0 N–H and O–H groups in total. The molecule has 1 aliphatic carbocycles. The Labute approximate surface area is 386 Å². The second-order valence-electron chi connectivity index (χ2n) is 17.8. The van der Waals surface area contributed by atoms with Crippen molar-refractivity contribution in [1.29, 1.82) is 0 Å². The molecule has 0 radical (unpaired) electrons. The van der Waals surface area contributed by atoms with Gasteiger partial charge in [-0.25, -0.2) is 0 Å². The molecule has 1 atom stereocenters. The number of fused-ring (bicyclic) bond motifs is 10. The third kappa shape index (κ3) is 5.65. The van der Waals surface area contributed by atoms with E-state index >= 15 is 0 Å². The SMILES string of the molecule is C1=CC(c2ccccc2)Cc2c1oc1ccc(-c3c4ccccc4c(-c4ccc5c(c4)sc4cccc(-c6c7ccccc7c(-c7ccccc7)c7ccccc67)c45)c4ccccc34)cc21. The highest BCUT2D eigenvalue weighted by Gasteiger charge is 2.24. The summed E-state index contributed by atoms with van der Waals surface area (Å²) in [7, 11) is 0. The summed E-state index contributed by atoms with van der Waals surface area (Å²) in [5, 5.41) is 13.9. The Bertz CT molecular complexity index is 4020. The largest absolute Gasteiger partial charge is 0.456 e. The van der Waals surface area contributed by atoms with E-state index in [-0.39, 0.29) is 0 Å². The molecule has 1 unspecified atom stereocenters. The summed E-state index contributed by atoms with van der Waals surface area (Å²) in [6.45, 7) is 0. The summed E-state index contributed by atoms with van der Waals surface area (Å²) in [4.78, 5) is 0. The van der Waals surface area contributed by atoms with Crippen LogP contribution < -0.4 is 0 Å². The van der Waals surface area contributed by atoms with Crippen LogP contribution in [0.2, 0.25) is 0 Å². The van der Waals surface area contributed by atoms with Crippen molar-refractivity contribution in [3.05, 3.63) is 235 Å². The van der Waals surface area contributed by atoms with Crippen molar-refractivity contribution < 1.29 is 4.42 Å². The molecule has 0 saturated heterocycles. The number of rotatable bonds is 5. The lowest BCUT2D eigenvalue weighted by atomic mass is 9.84. The normalized spacial score (nSPS) is 13.8. The molecule has 0 spiro atoms. The summed E-state index contributed by atoms with van der Waals surface area (Å²) >= 11 is 1.90. The summed E-state index contributed by atoms with van der Waals surface area (Å²) < 4.78 is 9.07. The Balaban J connectivity index is 0.948. The summed E-state index contributed by atoms with van der Waals surface area (Å²) in [5.74, 6) is 1.30. The van der Waals surface area contributed by atoms with Gasteiger partial charge in [-0.15, -0.1) is 11.3 Å². The van der Waals surface area contributed by atoms with E-state index < -0.39 is 0 Å². The van der Waals surface area contributed by atoms with Gasteiger partial charge in [0.2, 0.25) is 0 Å². The molecular formula is C64H40OS. The van der Waals surface area contributed by atoms with Gasteiger partial charge in [0.25, 0.3) is 0 Å². The molecule has 13 aromatic rings. The molecule has 0 fully saturated rings. The topological polar surface area (TPSA) is 13.1 Å². The van der Waals surface area contributed by atoms with Gasteiger partial charge < -0.3 is 4.42 Å². The van der Waals surface area contributed by atoms with Gasteiger partial charge in [-0.3, -0.25) is 0 Å². The zero-order chi connectivity index (χ0) is 43.3. The van der Waals surface area contributed by atoms with Crippen molar-refractivity contribution in [3.63, 3.8) is 0 Å². The molecule has 0 amide bonds. The molecule has 1 aliphatic rings. The summed E-state index contributed by atoms with van der Waals surface area (Å²) in [5.41, 5.74) is 13.6. The third-order valence-electron chi connectivity index (χ3n) is 14.2. The molecule has 66 heavy (non-hydrogen) atoms. The maximum atomic E-state index is 6.48. The molecule has 0 aliphatic heterocycles. The minimum atomic E-state index is 0.320. The third-order valence-corrected chi connectivity index (χ3v) is 15.3. The smallest absolute Gasteiger partial charge is 0.135 e. The van der Waals surface area contributed by atoms with Crippen molar-refractivity contribution in [2.45, 2.75) is 12.3 Å². The maximum absolute atomic E-state index is 6.48. The molecule has 1 nitrogen and oxygen atoms in total. The molecule has 308 valence electrons. The maximum Gasteiger partial charge on any atom is 0.135 e. The lowest BCUT2D eigenvalue weighted by Crippen LogP contribution is -2.04. The quantitative estimate of drug-likeness (QED) is 0.157. The lowest BCUT2D eigenvalue weighted by molar-refractivity contribution is 0.592. The molecule has 0 saturated carbocycles. The summed E-state index contributed by atoms with van der Waals surface area (Å²) in [6, 6.07) is 78.6. The highest BCUT2D eigenvalue weighted by Crippen LogP contribution is 2.50. The Morgan fingerprint density at radius 2 is 0.894 bits per heavy atom. The van der Waals surface area contributed by atoms with E-state index in [4.69, 9.17) is 4.42 Å². The van der Waals surface area contributed by atoms with Crippen molar-refractivity contribution in [2.24, 2.45) is 0 Å². The zero-order valence-corrected chi connectivity index (χ0v) is 36.8. The average Bonchev–Trinajstić information content (AvgIpc) is 3.95. The van der Waals surface area contributed by atoms with Crippen LogP contribution >= 0.6 is 11.3 Å². The van der Waals surface area contributed by atoms with Crippen molar-refractivity contribution >= 4 is 91.6 Å². The number of allylic oxidation sites excluding steroid dienone is 1. The molecule has 2 heterocycles. The molecule has 0 bridgehead atoms. The molecule has 11 aromatic carbocycles. The number of hydrogen-bond donors (Lipinski definition) is 0. The van der Waals surface area contributed by atoms with E-state index in [1.165, 1.54) is 124 Å². The minimum Gasteiger partial charge on any atom is -0.456 e. The predicted molar refractivity (Wildman–Crippen MR) is 283 cm³/mol. The Morgan fingerprint density at radius 1 is 0.379 bits per heavy atom. The van der Waals surface area contributed by atoms with E-state index in [1.54, 1.807) is 0 Å². The Morgan fingerprint density at radius 3 is 1.50 bits per heavy atom. The number of furan rings is 1. The van der Waals surface area contributed by atoms with Crippen LogP contribution in [0.3, 0.4) is 0 Å². The van der Waals surface area contributed by atoms with E-state index in [2.05, 4.69) is 224 Å². The Hall–Kier alpha value is -8.04. The van der Waals surface area contributed by atoms with Gasteiger partial charge in [0.15, 0.2) is 0 Å². The number of thiophene rings is 1. The van der Waals surface area contributed by atoms with Crippen molar-refractivity contribution in [3.8, 4) is 44.5 Å². The van der Waals surface area contributed by atoms with Gasteiger partial charge in [-0.2, -0.15) is 0 Å². The first-order chi connectivity index (χ1) is 32.7. The molecule has 14 rings (SSSR count). The fourth-order valence-corrected chi connectivity index (χ4v) is 12.5. The van der Waals surface area contributed by atoms with Gasteiger partial charge in [0.1, 0.15) is 11.3 Å². The van der Waals surface area contributed by atoms with Gasteiger partial charge in [-0.05, 0) is 130 Å². The van der Waals surface area contributed by atoms with Gasteiger partial charge in [0.05, 0.1) is 0 Å². The lowest BCUT2D eigenvalue weighted by Gasteiger charge is -2.19. The van der Waals surface area contributed by atoms with Crippen LogP contribution in [-0.2, 0) is 6.42 Å². The summed E-state index contributed by atoms with van der Waals surface area (Å²) in [6.07, 6.45) is 5.39. The van der Waals surface area contributed by atoms with Gasteiger partial charge in [-0.1, -0.05) is 194 Å². The highest BCUT2D eigenvalue weighted by molar-refractivity contribution is 7.26. The predicted octanol–water partition coefficient (Wildman–Crippen LogP) is 18.4. The second kappa shape index (κ2) is 14.8. The van der Waals surface area contributed by atoms with Crippen LogP contribution in [0.4, 0.5) is 0 Å². The van der Waals surface area contributed by atoms with E-state index in [9.17, 15) is 0 Å². The van der Waals surface area contributed by atoms with Crippen LogP contribution in [0.15, 0.2) is 223 Å². The van der Waals surface area contributed by atoms with E-state index in [0.717, 1.165) is 17.8 Å². The fraction of sp³-hybridized carbons (Fsp3) is 0.0312. The Kier molecular flexibility index (Phi) is 8.35.